The third-order valence-electron chi connectivity index (χ3n) is 3.37. The van der Waals surface area contributed by atoms with Crippen molar-refractivity contribution >= 4 is 11.7 Å². The highest BCUT2D eigenvalue weighted by Gasteiger charge is 2.11. The van der Waals surface area contributed by atoms with Gasteiger partial charge in [-0.3, -0.25) is 0 Å². The van der Waals surface area contributed by atoms with Crippen LogP contribution in [0.25, 0.3) is 11.4 Å². The van der Waals surface area contributed by atoms with Gasteiger partial charge >= 0.3 is 6.01 Å². The van der Waals surface area contributed by atoms with Gasteiger partial charge in [0.05, 0.1) is 19.9 Å². The van der Waals surface area contributed by atoms with E-state index in [0.29, 0.717) is 17.6 Å². The summed E-state index contributed by atoms with van der Waals surface area (Å²) >= 11 is 0. The number of nitrogens with one attached hydrogen (secondary N) is 1. The van der Waals surface area contributed by atoms with Gasteiger partial charge in [-0.1, -0.05) is 11.2 Å². The van der Waals surface area contributed by atoms with Crippen LogP contribution in [0.5, 0.6) is 11.5 Å². The Labute approximate surface area is 134 Å². The maximum Gasteiger partial charge on any atom is 0.326 e. The maximum absolute atomic E-state index is 5.32. The molecule has 1 aromatic heterocycles. The molecule has 3 aromatic rings. The van der Waals surface area contributed by atoms with Crippen molar-refractivity contribution in [1.82, 2.24) is 10.1 Å². The van der Waals surface area contributed by atoms with Crippen molar-refractivity contribution in [3.05, 3.63) is 48.0 Å². The van der Waals surface area contributed by atoms with Gasteiger partial charge in [-0.25, -0.2) is 0 Å². The zero-order chi connectivity index (χ0) is 16.2. The molecule has 1 N–H and O–H groups in total. The summed E-state index contributed by atoms with van der Waals surface area (Å²) in [6.45, 7) is 2.00. The van der Waals surface area contributed by atoms with Crippen LogP contribution in [-0.2, 0) is 0 Å². The van der Waals surface area contributed by atoms with Crippen LogP contribution in [0.2, 0.25) is 0 Å². The molecule has 0 aliphatic heterocycles. The van der Waals surface area contributed by atoms with Crippen molar-refractivity contribution < 1.29 is 14.0 Å². The van der Waals surface area contributed by atoms with E-state index in [9.17, 15) is 0 Å². The molecule has 0 amide bonds. The van der Waals surface area contributed by atoms with Crippen molar-refractivity contribution in [2.75, 3.05) is 19.5 Å². The number of rotatable bonds is 5. The lowest BCUT2D eigenvalue weighted by Gasteiger charge is -2.08. The van der Waals surface area contributed by atoms with E-state index in [1.807, 2.05) is 49.4 Å². The molecule has 2 aromatic carbocycles. The third-order valence-corrected chi connectivity index (χ3v) is 3.37. The first-order valence-electron chi connectivity index (χ1n) is 7.09. The summed E-state index contributed by atoms with van der Waals surface area (Å²) in [5.74, 6) is 1.99. The van der Waals surface area contributed by atoms with Crippen molar-refractivity contribution in [2.45, 2.75) is 6.92 Å². The van der Waals surface area contributed by atoms with Gasteiger partial charge in [0, 0.05) is 5.56 Å². The summed E-state index contributed by atoms with van der Waals surface area (Å²) < 4.78 is 15.7. The van der Waals surface area contributed by atoms with E-state index in [1.54, 1.807) is 14.2 Å². The number of benzene rings is 2. The summed E-state index contributed by atoms with van der Waals surface area (Å²) in [4.78, 5) is 4.35. The summed E-state index contributed by atoms with van der Waals surface area (Å²) in [5.41, 5.74) is 2.72. The number of ether oxygens (including phenoxy) is 2. The lowest BCUT2D eigenvalue weighted by molar-refractivity contribution is 0.414. The molecular formula is C17H17N3O3. The maximum atomic E-state index is 5.32. The second kappa shape index (κ2) is 6.39. The molecule has 0 saturated carbocycles. The van der Waals surface area contributed by atoms with E-state index < -0.39 is 0 Å². The lowest BCUT2D eigenvalue weighted by atomic mass is 10.2. The number of methoxy groups -OCH3 is 2. The SMILES string of the molecule is COc1ccc(-c2noc(Nc3cc(C)ccc3OC)n2)cc1. The number of aromatic nitrogens is 2. The molecule has 0 bridgehead atoms. The van der Waals surface area contributed by atoms with Gasteiger partial charge in [0.1, 0.15) is 11.5 Å². The fourth-order valence-corrected chi connectivity index (χ4v) is 2.17. The Kier molecular flexibility index (Phi) is 4.14. The molecule has 118 valence electrons. The molecule has 0 unspecified atom stereocenters. The van der Waals surface area contributed by atoms with Crippen LogP contribution in [0.15, 0.2) is 47.0 Å². The highest BCUT2D eigenvalue weighted by Crippen LogP contribution is 2.29. The molecule has 0 aliphatic carbocycles. The predicted octanol–water partition coefficient (Wildman–Crippen LogP) is 3.81. The quantitative estimate of drug-likeness (QED) is 0.773. The second-order valence-corrected chi connectivity index (χ2v) is 4.98. The molecule has 0 radical (unpaired) electrons. The van der Waals surface area contributed by atoms with Crippen LogP contribution in [-0.4, -0.2) is 24.4 Å². The van der Waals surface area contributed by atoms with Crippen molar-refractivity contribution in [2.24, 2.45) is 0 Å². The van der Waals surface area contributed by atoms with E-state index in [0.717, 1.165) is 22.6 Å². The third kappa shape index (κ3) is 3.26. The number of nitrogens with zero attached hydrogens (tertiary/aromatic N) is 2. The summed E-state index contributed by atoms with van der Waals surface area (Å²) in [7, 11) is 3.24. The average molecular weight is 311 g/mol. The first kappa shape index (κ1) is 14.9. The molecule has 3 rings (SSSR count). The Morgan fingerprint density at radius 2 is 1.78 bits per heavy atom. The molecule has 23 heavy (non-hydrogen) atoms. The minimum absolute atomic E-state index is 0.305. The Bertz CT molecular complexity index is 797. The fourth-order valence-electron chi connectivity index (χ4n) is 2.17. The molecule has 6 heteroatoms. The molecule has 0 spiro atoms. The van der Waals surface area contributed by atoms with Gasteiger partial charge in [-0.2, -0.15) is 4.98 Å². The summed E-state index contributed by atoms with van der Waals surface area (Å²) in [5, 5.41) is 7.07. The minimum Gasteiger partial charge on any atom is -0.497 e. The van der Waals surface area contributed by atoms with E-state index in [-0.39, 0.29) is 0 Å². The van der Waals surface area contributed by atoms with E-state index >= 15 is 0 Å². The molecular weight excluding hydrogens is 294 g/mol. The highest BCUT2D eigenvalue weighted by molar-refractivity contribution is 5.64. The van der Waals surface area contributed by atoms with Gasteiger partial charge in [0.2, 0.25) is 5.82 Å². The van der Waals surface area contributed by atoms with Gasteiger partial charge in [0.15, 0.2) is 0 Å². The van der Waals surface area contributed by atoms with Gasteiger partial charge in [-0.05, 0) is 48.9 Å². The van der Waals surface area contributed by atoms with Crippen LogP contribution < -0.4 is 14.8 Å². The number of aryl methyl sites for hydroxylation is 1. The fraction of sp³-hybridized carbons (Fsp3) is 0.176. The van der Waals surface area contributed by atoms with E-state index in [2.05, 4.69) is 15.5 Å². The minimum atomic E-state index is 0.305. The van der Waals surface area contributed by atoms with Crippen LogP contribution in [0.4, 0.5) is 11.7 Å². The van der Waals surface area contributed by atoms with Crippen LogP contribution in [0, 0.1) is 6.92 Å². The molecule has 6 nitrogen and oxygen atoms in total. The van der Waals surface area contributed by atoms with Crippen molar-refractivity contribution in [3.63, 3.8) is 0 Å². The van der Waals surface area contributed by atoms with Gasteiger partial charge in [0.25, 0.3) is 0 Å². The largest absolute Gasteiger partial charge is 0.497 e. The van der Waals surface area contributed by atoms with Crippen molar-refractivity contribution in [3.8, 4) is 22.9 Å². The van der Waals surface area contributed by atoms with Crippen LogP contribution >= 0.6 is 0 Å². The average Bonchev–Trinajstić information content (AvgIpc) is 3.04. The lowest BCUT2D eigenvalue weighted by Crippen LogP contribution is -1.95. The van der Waals surface area contributed by atoms with Crippen LogP contribution in [0.3, 0.4) is 0 Å². The van der Waals surface area contributed by atoms with Crippen LogP contribution in [0.1, 0.15) is 5.56 Å². The first-order valence-corrected chi connectivity index (χ1v) is 7.09. The second-order valence-electron chi connectivity index (χ2n) is 4.98. The summed E-state index contributed by atoms with van der Waals surface area (Å²) in [6.07, 6.45) is 0. The zero-order valence-corrected chi connectivity index (χ0v) is 13.2. The Morgan fingerprint density at radius 3 is 2.48 bits per heavy atom. The van der Waals surface area contributed by atoms with Gasteiger partial charge in [-0.15, -0.1) is 0 Å². The number of hydrogen-bond donors (Lipinski definition) is 1. The predicted molar refractivity (Wildman–Crippen MR) is 87.3 cm³/mol. The highest BCUT2D eigenvalue weighted by atomic mass is 16.5. The van der Waals surface area contributed by atoms with E-state index in [4.69, 9.17) is 14.0 Å². The van der Waals surface area contributed by atoms with Gasteiger partial charge < -0.3 is 19.3 Å². The molecule has 0 saturated heterocycles. The Balaban J connectivity index is 1.83. The first-order chi connectivity index (χ1) is 11.2. The monoisotopic (exact) mass is 311 g/mol. The topological polar surface area (TPSA) is 69.4 Å². The molecule has 0 atom stereocenters. The Hall–Kier alpha value is -3.02. The summed E-state index contributed by atoms with van der Waals surface area (Å²) in [6, 6.07) is 13.6. The number of anilines is 2. The normalized spacial score (nSPS) is 10.4. The van der Waals surface area contributed by atoms with Crippen molar-refractivity contribution in [1.29, 1.82) is 0 Å². The zero-order valence-electron chi connectivity index (χ0n) is 13.2. The van der Waals surface area contributed by atoms with E-state index in [1.165, 1.54) is 0 Å². The smallest absolute Gasteiger partial charge is 0.326 e. The number of hydrogen-bond acceptors (Lipinski definition) is 6. The Morgan fingerprint density at radius 1 is 1.00 bits per heavy atom. The molecule has 0 aliphatic rings. The molecule has 0 fully saturated rings. The molecule has 1 heterocycles. The standard InChI is InChI=1S/C17H17N3O3/c1-11-4-9-15(22-3)14(10-11)18-17-19-16(20-23-17)12-5-7-13(21-2)8-6-12/h4-10H,1-3H3,(H,18,19,20).